The van der Waals surface area contributed by atoms with E-state index in [-0.39, 0.29) is 5.91 Å². The second-order valence-electron chi connectivity index (χ2n) is 6.21. The standard InChI is InChI=1S/C20H20N2O4/c23-18(15-10-5-2-6-11-15)21-17(14-8-3-1-4-9-14)19(24)22-13-7-12-16(22)20(25)26/h1-6,8-11,16-17H,7,12-13H2,(H,21,23)(H,25,26)/t16-,17?/m0/s1. The Hall–Kier alpha value is -3.15. The summed E-state index contributed by atoms with van der Waals surface area (Å²) >= 11 is 0. The predicted molar refractivity (Wildman–Crippen MR) is 95.5 cm³/mol. The van der Waals surface area contributed by atoms with Gasteiger partial charge in [0, 0.05) is 12.1 Å². The van der Waals surface area contributed by atoms with E-state index in [1.807, 2.05) is 6.07 Å². The van der Waals surface area contributed by atoms with Crippen molar-refractivity contribution >= 4 is 17.8 Å². The van der Waals surface area contributed by atoms with Crippen LogP contribution in [0.3, 0.4) is 0 Å². The maximum absolute atomic E-state index is 13.1. The van der Waals surface area contributed by atoms with Crippen molar-refractivity contribution in [2.75, 3.05) is 6.54 Å². The van der Waals surface area contributed by atoms with Gasteiger partial charge in [-0.2, -0.15) is 0 Å². The zero-order chi connectivity index (χ0) is 18.5. The lowest BCUT2D eigenvalue weighted by Crippen LogP contribution is -2.47. The summed E-state index contributed by atoms with van der Waals surface area (Å²) in [6.45, 7) is 0.375. The minimum atomic E-state index is -1.02. The van der Waals surface area contributed by atoms with Crippen LogP contribution in [0.5, 0.6) is 0 Å². The van der Waals surface area contributed by atoms with Crippen molar-refractivity contribution in [3.05, 3.63) is 71.8 Å². The van der Waals surface area contributed by atoms with E-state index in [1.165, 1.54) is 4.90 Å². The van der Waals surface area contributed by atoms with Crippen LogP contribution in [0.2, 0.25) is 0 Å². The molecule has 1 unspecified atom stereocenters. The van der Waals surface area contributed by atoms with Crippen molar-refractivity contribution in [3.63, 3.8) is 0 Å². The van der Waals surface area contributed by atoms with Crippen LogP contribution in [-0.4, -0.2) is 40.4 Å². The average Bonchev–Trinajstić information content (AvgIpc) is 3.17. The fourth-order valence-electron chi connectivity index (χ4n) is 3.19. The van der Waals surface area contributed by atoms with Gasteiger partial charge in [0.05, 0.1) is 0 Å². The molecule has 6 heteroatoms. The fourth-order valence-corrected chi connectivity index (χ4v) is 3.19. The Kier molecular flexibility index (Phi) is 5.31. The molecule has 0 bridgehead atoms. The Bertz CT molecular complexity index is 792. The van der Waals surface area contributed by atoms with Gasteiger partial charge in [-0.3, -0.25) is 9.59 Å². The number of carbonyl (C=O) groups is 3. The van der Waals surface area contributed by atoms with E-state index in [0.717, 1.165) is 0 Å². The molecule has 0 aromatic heterocycles. The SMILES string of the molecule is O=C(NC(C(=O)N1CCC[C@H]1C(=O)O)c1ccccc1)c1ccccc1. The number of amides is 2. The number of hydrogen-bond acceptors (Lipinski definition) is 3. The zero-order valence-corrected chi connectivity index (χ0v) is 14.2. The molecule has 1 saturated heterocycles. The average molecular weight is 352 g/mol. The highest BCUT2D eigenvalue weighted by molar-refractivity contribution is 5.98. The molecular formula is C20H20N2O4. The van der Waals surface area contributed by atoms with Crippen LogP contribution < -0.4 is 5.32 Å². The summed E-state index contributed by atoms with van der Waals surface area (Å²) in [5.41, 5.74) is 1.07. The lowest BCUT2D eigenvalue weighted by molar-refractivity contribution is -0.149. The van der Waals surface area contributed by atoms with Gasteiger partial charge in [-0.05, 0) is 30.5 Å². The monoisotopic (exact) mass is 352 g/mol. The Morgan fingerprint density at radius 2 is 1.62 bits per heavy atom. The van der Waals surface area contributed by atoms with Crippen LogP contribution in [0.15, 0.2) is 60.7 Å². The zero-order valence-electron chi connectivity index (χ0n) is 14.2. The van der Waals surface area contributed by atoms with E-state index < -0.39 is 24.0 Å². The lowest BCUT2D eigenvalue weighted by Gasteiger charge is -2.27. The number of carboxylic acids is 1. The van der Waals surface area contributed by atoms with Gasteiger partial charge in [0.25, 0.3) is 11.8 Å². The summed E-state index contributed by atoms with van der Waals surface area (Å²) in [5.74, 6) is -1.79. The summed E-state index contributed by atoms with van der Waals surface area (Å²) < 4.78 is 0. The molecular weight excluding hydrogens is 332 g/mol. The van der Waals surface area contributed by atoms with Gasteiger partial charge < -0.3 is 15.3 Å². The largest absolute Gasteiger partial charge is 0.480 e. The molecule has 1 heterocycles. The molecule has 2 aromatic carbocycles. The summed E-state index contributed by atoms with van der Waals surface area (Å²) in [6.07, 6.45) is 1.06. The van der Waals surface area contributed by atoms with Crippen molar-refractivity contribution in [2.45, 2.75) is 24.9 Å². The molecule has 3 rings (SSSR count). The first-order valence-corrected chi connectivity index (χ1v) is 8.52. The third-order valence-electron chi connectivity index (χ3n) is 4.51. The molecule has 0 spiro atoms. The summed E-state index contributed by atoms with van der Waals surface area (Å²) in [7, 11) is 0. The number of aliphatic carboxylic acids is 1. The first-order valence-electron chi connectivity index (χ1n) is 8.52. The van der Waals surface area contributed by atoms with Crippen molar-refractivity contribution in [3.8, 4) is 0 Å². The predicted octanol–water partition coefficient (Wildman–Crippen LogP) is 2.23. The topological polar surface area (TPSA) is 86.7 Å². The number of carbonyl (C=O) groups excluding carboxylic acids is 2. The van der Waals surface area contributed by atoms with Gasteiger partial charge in [-0.1, -0.05) is 48.5 Å². The van der Waals surface area contributed by atoms with Crippen LogP contribution in [-0.2, 0) is 9.59 Å². The molecule has 2 amide bonds. The number of carboxylic acid groups (broad SMARTS) is 1. The number of hydrogen-bond donors (Lipinski definition) is 2. The highest BCUT2D eigenvalue weighted by Gasteiger charge is 2.38. The molecule has 1 fully saturated rings. The van der Waals surface area contributed by atoms with Crippen molar-refractivity contribution in [2.24, 2.45) is 0 Å². The fraction of sp³-hybridized carbons (Fsp3) is 0.250. The highest BCUT2D eigenvalue weighted by atomic mass is 16.4. The summed E-state index contributed by atoms with van der Waals surface area (Å²) in [6, 6.07) is 15.7. The molecule has 1 aliphatic rings. The molecule has 1 aliphatic heterocycles. The van der Waals surface area contributed by atoms with Gasteiger partial charge in [0.2, 0.25) is 0 Å². The molecule has 0 radical (unpaired) electrons. The molecule has 134 valence electrons. The number of rotatable bonds is 5. The second-order valence-corrected chi connectivity index (χ2v) is 6.21. The Morgan fingerprint density at radius 1 is 1.00 bits per heavy atom. The highest BCUT2D eigenvalue weighted by Crippen LogP contribution is 2.24. The molecule has 0 saturated carbocycles. The molecule has 0 aliphatic carbocycles. The third kappa shape index (κ3) is 3.74. The van der Waals surface area contributed by atoms with E-state index in [2.05, 4.69) is 5.32 Å². The minimum Gasteiger partial charge on any atom is -0.480 e. The van der Waals surface area contributed by atoms with Gasteiger partial charge in [0.15, 0.2) is 0 Å². The van der Waals surface area contributed by atoms with E-state index >= 15 is 0 Å². The molecule has 26 heavy (non-hydrogen) atoms. The first-order chi connectivity index (χ1) is 12.6. The first kappa shape index (κ1) is 17.7. The van der Waals surface area contributed by atoms with E-state index in [9.17, 15) is 19.5 Å². The minimum absolute atomic E-state index is 0.375. The van der Waals surface area contributed by atoms with Crippen molar-refractivity contribution in [1.29, 1.82) is 0 Å². The van der Waals surface area contributed by atoms with Crippen LogP contribution in [0, 0.1) is 0 Å². The number of nitrogens with zero attached hydrogens (tertiary/aromatic N) is 1. The quantitative estimate of drug-likeness (QED) is 0.864. The second kappa shape index (κ2) is 7.82. The van der Waals surface area contributed by atoms with Gasteiger partial charge in [-0.25, -0.2) is 4.79 Å². The van der Waals surface area contributed by atoms with E-state index in [0.29, 0.717) is 30.5 Å². The smallest absolute Gasteiger partial charge is 0.326 e. The molecule has 2 aromatic rings. The Morgan fingerprint density at radius 3 is 2.23 bits per heavy atom. The van der Waals surface area contributed by atoms with Crippen LogP contribution in [0.4, 0.5) is 0 Å². The van der Waals surface area contributed by atoms with E-state index in [1.54, 1.807) is 54.6 Å². The van der Waals surface area contributed by atoms with Crippen LogP contribution >= 0.6 is 0 Å². The van der Waals surface area contributed by atoms with Gasteiger partial charge >= 0.3 is 5.97 Å². The normalized spacial score (nSPS) is 17.5. The van der Waals surface area contributed by atoms with Crippen molar-refractivity contribution < 1.29 is 19.5 Å². The van der Waals surface area contributed by atoms with Crippen LogP contribution in [0.25, 0.3) is 0 Å². The lowest BCUT2D eigenvalue weighted by atomic mass is 10.0. The molecule has 2 N–H and O–H groups in total. The number of likely N-dealkylation sites (tertiary alicyclic amines) is 1. The number of benzene rings is 2. The maximum Gasteiger partial charge on any atom is 0.326 e. The maximum atomic E-state index is 13.1. The van der Waals surface area contributed by atoms with Gasteiger partial charge in [0.1, 0.15) is 12.1 Å². The van der Waals surface area contributed by atoms with Crippen LogP contribution in [0.1, 0.15) is 34.8 Å². The Balaban J connectivity index is 1.88. The summed E-state index contributed by atoms with van der Waals surface area (Å²) in [4.78, 5) is 38.4. The Labute approximate surface area is 151 Å². The number of nitrogens with one attached hydrogen (secondary N) is 1. The third-order valence-corrected chi connectivity index (χ3v) is 4.51. The molecule has 2 atom stereocenters. The van der Waals surface area contributed by atoms with E-state index in [4.69, 9.17) is 0 Å². The van der Waals surface area contributed by atoms with Crippen molar-refractivity contribution in [1.82, 2.24) is 10.2 Å². The van der Waals surface area contributed by atoms with Gasteiger partial charge in [-0.15, -0.1) is 0 Å². The summed E-state index contributed by atoms with van der Waals surface area (Å²) in [5, 5.41) is 12.1. The molecule has 6 nitrogen and oxygen atoms in total.